The molecule has 2 atom stereocenters. The van der Waals surface area contributed by atoms with Crippen molar-refractivity contribution >= 4 is 37.3 Å². The lowest BCUT2D eigenvalue weighted by Gasteiger charge is -2.04. The SMILES string of the molecule is CCCNCc1cc(S(=O)(=O)NCC2CC2C)c(Br)s1. The van der Waals surface area contributed by atoms with Crippen LogP contribution >= 0.6 is 27.3 Å². The number of nitrogens with one attached hydrogen (secondary N) is 2. The van der Waals surface area contributed by atoms with Crippen molar-refractivity contribution in [2.45, 2.75) is 38.1 Å². The summed E-state index contributed by atoms with van der Waals surface area (Å²) in [5.41, 5.74) is 0. The van der Waals surface area contributed by atoms with E-state index in [4.69, 9.17) is 0 Å². The fraction of sp³-hybridized carbons (Fsp3) is 0.692. The van der Waals surface area contributed by atoms with Gasteiger partial charge in [0, 0.05) is 18.0 Å². The highest BCUT2D eigenvalue weighted by Crippen LogP contribution is 2.37. The molecule has 1 aliphatic carbocycles. The second-order valence-corrected chi connectivity index (χ2v) is 9.54. The smallest absolute Gasteiger partial charge is 0.242 e. The lowest BCUT2D eigenvalue weighted by molar-refractivity contribution is 0.574. The fourth-order valence-corrected chi connectivity index (χ4v) is 5.78. The molecule has 114 valence electrons. The van der Waals surface area contributed by atoms with Crippen molar-refractivity contribution in [2.24, 2.45) is 11.8 Å². The molecule has 0 spiro atoms. The van der Waals surface area contributed by atoms with E-state index in [0.717, 1.165) is 24.3 Å². The van der Waals surface area contributed by atoms with Crippen LogP contribution in [0.3, 0.4) is 0 Å². The molecular weight excluding hydrogens is 360 g/mol. The van der Waals surface area contributed by atoms with Crippen molar-refractivity contribution in [1.29, 1.82) is 0 Å². The van der Waals surface area contributed by atoms with Crippen molar-refractivity contribution in [2.75, 3.05) is 13.1 Å². The second-order valence-electron chi connectivity index (χ2n) is 5.35. The zero-order valence-corrected chi connectivity index (χ0v) is 15.0. The maximum atomic E-state index is 12.3. The van der Waals surface area contributed by atoms with Gasteiger partial charge in [-0.3, -0.25) is 0 Å². The Balaban J connectivity index is 1.99. The second kappa shape index (κ2) is 6.87. The van der Waals surface area contributed by atoms with E-state index in [1.165, 1.54) is 11.3 Å². The molecule has 0 aromatic carbocycles. The van der Waals surface area contributed by atoms with Crippen LogP contribution in [0.25, 0.3) is 0 Å². The molecule has 0 bridgehead atoms. The minimum absolute atomic E-state index is 0.365. The number of halogens is 1. The zero-order chi connectivity index (χ0) is 14.8. The van der Waals surface area contributed by atoms with Crippen molar-refractivity contribution in [1.82, 2.24) is 10.0 Å². The summed E-state index contributed by atoms with van der Waals surface area (Å²) in [5.74, 6) is 1.16. The lowest BCUT2D eigenvalue weighted by Crippen LogP contribution is -2.26. The molecule has 0 aliphatic heterocycles. The van der Waals surface area contributed by atoms with Crippen molar-refractivity contribution < 1.29 is 8.42 Å². The number of rotatable bonds is 8. The number of thiophene rings is 1. The number of hydrogen-bond donors (Lipinski definition) is 2. The van der Waals surface area contributed by atoms with Gasteiger partial charge in [-0.25, -0.2) is 13.1 Å². The van der Waals surface area contributed by atoms with Gasteiger partial charge in [-0.15, -0.1) is 11.3 Å². The standard InChI is InChI=1S/C13H21BrN2O2S2/c1-3-4-15-8-11-6-12(13(14)19-11)20(17,18)16-7-10-5-9(10)2/h6,9-10,15-16H,3-5,7-8H2,1-2H3. The fourth-order valence-electron chi connectivity index (χ4n) is 2.03. The molecule has 1 saturated carbocycles. The van der Waals surface area contributed by atoms with Gasteiger partial charge in [-0.05, 0) is 53.2 Å². The molecule has 1 heterocycles. The number of sulfonamides is 1. The van der Waals surface area contributed by atoms with E-state index in [-0.39, 0.29) is 0 Å². The molecule has 7 heteroatoms. The predicted octanol–water partition coefficient (Wildman–Crippen LogP) is 2.94. The van der Waals surface area contributed by atoms with Gasteiger partial charge in [-0.2, -0.15) is 0 Å². The molecule has 4 nitrogen and oxygen atoms in total. The van der Waals surface area contributed by atoms with Gasteiger partial charge in [0.15, 0.2) is 0 Å². The third-order valence-corrected chi connectivity index (χ3v) is 7.21. The van der Waals surface area contributed by atoms with Gasteiger partial charge in [0.2, 0.25) is 10.0 Å². The molecule has 1 aromatic rings. The van der Waals surface area contributed by atoms with Crippen LogP contribution in [0.4, 0.5) is 0 Å². The maximum absolute atomic E-state index is 12.3. The van der Waals surface area contributed by atoms with Gasteiger partial charge in [0.25, 0.3) is 0 Å². The molecule has 1 fully saturated rings. The van der Waals surface area contributed by atoms with Gasteiger partial charge >= 0.3 is 0 Å². The molecule has 2 N–H and O–H groups in total. The largest absolute Gasteiger partial charge is 0.312 e. The molecule has 1 aromatic heterocycles. The van der Waals surface area contributed by atoms with Crippen LogP contribution in [0.1, 0.15) is 31.6 Å². The summed E-state index contributed by atoms with van der Waals surface area (Å²) in [7, 11) is -3.39. The van der Waals surface area contributed by atoms with Gasteiger partial charge in [0.05, 0.1) is 3.79 Å². The topological polar surface area (TPSA) is 58.2 Å². The Morgan fingerprint density at radius 1 is 1.50 bits per heavy atom. The minimum atomic E-state index is -3.39. The van der Waals surface area contributed by atoms with Crippen molar-refractivity contribution in [3.63, 3.8) is 0 Å². The summed E-state index contributed by atoms with van der Waals surface area (Å²) in [5, 5.41) is 3.28. The van der Waals surface area contributed by atoms with Crippen LogP contribution in [-0.4, -0.2) is 21.5 Å². The van der Waals surface area contributed by atoms with Gasteiger partial charge in [-0.1, -0.05) is 13.8 Å². The van der Waals surface area contributed by atoms with Crippen LogP contribution in [0.15, 0.2) is 14.7 Å². The van der Waals surface area contributed by atoms with E-state index in [0.29, 0.717) is 33.6 Å². The minimum Gasteiger partial charge on any atom is -0.312 e. The van der Waals surface area contributed by atoms with Crippen LogP contribution < -0.4 is 10.0 Å². The van der Waals surface area contributed by atoms with E-state index < -0.39 is 10.0 Å². The third kappa shape index (κ3) is 4.27. The molecule has 20 heavy (non-hydrogen) atoms. The monoisotopic (exact) mass is 380 g/mol. The highest BCUT2D eigenvalue weighted by atomic mass is 79.9. The highest BCUT2D eigenvalue weighted by Gasteiger charge is 2.33. The Labute approximate surface area is 133 Å². The average Bonchev–Trinajstić information content (AvgIpc) is 2.95. The summed E-state index contributed by atoms with van der Waals surface area (Å²) in [4.78, 5) is 1.40. The first-order chi connectivity index (χ1) is 9.44. The first-order valence-electron chi connectivity index (χ1n) is 6.92. The van der Waals surface area contributed by atoms with E-state index in [2.05, 4.69) is 39.8 Å². The van der Waals surface area contributed by atoms with Crippen LogP contribution in [0, 0.1) is 11.8 Å². The van der Waals surface area contributed by atoms with Crippen molar-refractivity contribution in [3.8, 4) is 0 Å². The molecule has 1 aliphatic rings. The summed E-state index contributed by atoms with van der Waals surface area (Å²) in [6.45, 7) is 6.46. The molecule has 0 radical (unpaired) electrons. The number of hydrogen-bond acceptors (Lipinski definition) is 4. The highest BCUT2D eigenvalue weighted by molar-refractivity contribution is 9.11. The maximum Gasteiger partial charge on any atom is 0.242 e. The normalized spacial score (nSPS) is 22.1. The van der Waals surface area contributed by atoms with Crippen molar-refractivity contribution in [3.05, 3.63) is 14.7 Å². The summed E-state index contributed by atoms with van der Waals surface area (Å²) in [6, 6.07) is 1.76. The Hall–Kier alpha value is 0.0500. The summed E-state index contributed by atoms with van der Waals surface area (Å²) in [6.07, 6.45) is 2.19. The Bertz CT molecular complexity index is 557. The van der Waals surface area contributed by atoms with Gasteiger partial charge < -0.3 is 5.32 Å². The third-order valence-electron chi connectivity index (χ3n) is 3.53. The molecule has 2 unspecified atom stereocenters. The van der Waals surface area contributed by atoms with E-state index in [9.17, 15) is 8.42 Å². The predicted molar refractivity (Wildman–Crippen MR) is 86.5 cm³/mol. The summed E-state index contributed by atoms with van der Waals surface area (Å²) >= 11 is 4.85. The molecular formula is C13H21BrN2O2S2. The first kappa shape index (κ1) is 16.4. The summed E-state index contributed by atoms with van der Waals surface area (Å²) < 4.78 is 28.0. The van der Waals surface area contributed by atoms with E-state index in [1.807, 2.05) is 0 Å². The quantitative estimate of drug-likeness (QED) is 0.681. The van der Waals surface area contributed by atoms with Crippen LogP contribution in [0.2, 0.25) is 0 Å². The van der Waals surface area contributed by atoms with Crippen LogP contribution in [-0.2, 0) is 16.6 Å². The lowest BCUT2D eigenvalue weighted by atomic mass is 10.3. The zero-order valence-electron chi connectivity index (χ0n) is 11.8. The Morgan fingerprint density at radius 3 is 2.80 bits per heavy atom. The van der Waals surface area contributed by atoms with Crippen LogP contribution in [0.5, 0.6) is 0 Å². The van der Waals surface area contributed by atoms with E-state index in [1.54, 1.807) is 6.07 Å². The Kier molecular flexibility index (Phi) is 5.64. The molecule has 2 rings (SSSR count). The van der Waals surface area contributed by atoms with Gasteiger partial charge in [0.1, 0.15) is 4.90 Å². The Morgan fingerprint density at radius 2 is 2.20 bits per heavy atom. The molecule has 0 saturated heterocycles. The molecule has 0 amide bonds. The first-order valence-corrected chi connectivity index (χ1v) is 10.0. The van der Waals surface area contributed by atoms with E-state index >= 15 is 0 Å². The average molecular weight is 381 g/mol.